The monoisotopic (exact) mass is 204 g/mol. The minimum atomic E-state index is 0.0651. The van der Waals surface area contributed by atoms with E-state index in [1.54, 1.807) is 0 Å². The van der Waals surface area contributed by atoms with Crippen molar-refractivity contribution in [3.05, 3.63) is 35.4 Å². The molecule has 1 aromatic carbocycles. The molecule has 15 heavy (non-hydrogen) atoms. The van der Waals surface area contributed by atoms with Gasteiger partial charge in [-0.2, -0.15) is 0 Å². The molecule has 0 atom stereocenters. The van der Waals surface area contributed by atoms with Crippen molar-refractivity contribution in [1.82, 2.24) is 5.32 Å². The fraction of sp³-hybridized carbons (Fsp3) is 0.417. The molecule has 0 radical (unpaired) electrons. The molecule has 3 heteroatoms. The van der Waals surface area contributed by atoms with E-state index >= 15 is 0 Å². The molecule has 0 heterocycles. The number of amides is 1. The first kappa shape index (κ1) is 10.2. The summed E-state index contributed by atoms with van der Waals surface area (Å²) in [5.74, 6) is 0.0651. The maximum Gasteiger partial charge on any atom is 0.221 e. The Labute approximate surface area is 89.7 Å². The molecule has 1 amide bonds. The molecule has 0 unspecified atom stereocenters. The van der Waals surface area contributed by atoms with Gasteiger partial charge in [0, 0.05) is 19.0 Å². The maximum absolute atomic E-state index is 11.4. The van der Waals surface area contributed by atoms with Gasteiger partial charge in [-0.1, -0.05) is 24.3 Å². The van der Waals surface area contributed by atoms with Crippen LogP contribution in [0, 0.1) is 0 Å². The standard InChI is InChI=1S/C12H16N2O/c13-6-5-12(15)14-11-7-9-3-1-2-4-10(9)8-11/h1-4,11H,5-8,13H2,(H,14,15). The Morgan fingerprint density at radius 2 is 1.93 bits per heavy atom. The highest BCUT2D eigenvalue weighted by Gasteiger charge is 2.21. The van der Waals surface area contributed by atoms with Crippen molar-refractivity contribution in [2.24, 2.45) is 5.73 Å². The first-order valence-corrected chi connectivity index (χ1v) is 5.36. The molecule has 1 aliphatic carbocycles. The minimum absolute atomic E-state index is 0.0651. The van der Waals surface area contributed by atoms with Gasteiger partial charge in [0.15, 0.2) is 0 Å². The van der Waals surface area contributed by atoms with Crippen LogP contribution in [-0.4, -0.2) is 18.5 Å². The van der Waals surface area contributed by atoms with Gasteiger partial charge in [-0.3, -0.25) is 4.79 Å². The summed E-state index contributed by atoms with van der Waals surface area (Å²) in [5, 5.41) is 3.01. The van der Waals surface area contributed by atoms with Crippen molar-refractivity contribution in [2.75, 3.05) is 6.54 Å². The van der Waals surface area contributed by atoms with E-state index in [1.165, 1.54) is 11.1 Å². The van der Waals surface area contributed by atoms with Gasteiger partial charge in [-0.15, -0.1) is 0 Å². The lowest BCUT2D eigenvalue weighted by molar-refractivity contribution is -0.121. The maximum atomic E-state index is 11.4. The van der Waals surface area contributed by atoms with Crippen LogP contribution in [0.5, 0.6) is 0 Å². The number of carbonyl (C=O) groups is 1. The van der Waals surface area contributed by atoms with Gasteiger partial charge in [0.1, 0.15) is 0 Å². The SMILES string of the molecule is NCCC(=O)NC1Cc2ccccc2C1. The quantitative estimate of drug-likeness (QED) is 0.758. The number of fused-ring (bicyclic) bond motifs is 1. The molecule has 3 nitrogen and oxygen atoms in total. The van der Waals surface area contributed by atoms with Gasteiger partial charge in [-0.25, -0.2) is 0 Å². The molecule has 3 N–H and O–H groups in total. The zero-order valence-electron chi connectivity index (χ0n) is 8.70. The second kappa shape index (κ2) is 4.45. The third-order valence-corrected chi connectivity index (χ3v) is 2.79. The molecule has 1 aliphatic rings. The highest BCUT2D eigenvalue weighted by Crippen LogP contribution is 2.21. The van der Waals surface area contributed by atoms with Crippen molar-refractivity contribution in [3.8, 4) is 0 Å². The van der Waals surface area contributed by atoms with Crippen molar-refractivity contribution in [2.45, 2.75) is 25.3 Å². The van der Waals surface area contributed by atoms with Crippen molar-refractivity contribution in [1.29, 1.82) is 0 Å². The Morgan fingerprint density at radius 3 is 2.47 bits per heavy atom. The van der Waals surface area contributed by atoms with E-state index in [0.717, 1.165) is 12.8 Å². The Hall–Kier alpha value is -1.35. The third-order valence-electron chi connectivity index (χ3n) is 2.79. The lowest BCUT2D eigenvalue weighted by Crippen LogP contribution is -2.36. The number of hydrogen-bond donors (Lipinski definition) is 2. The first-order chi connectivity index (χ1) is 7.29. The van der Waals surface area contributed by atoms with Crippen LogP contribution in [0.2, 0.25) is 0 Å². The van der Waals surface area contributed by atoms with Gasteiger partial charge >= 0.3 is 0 Å². The molecule has 2 rings (SSSR count). The van der Waals surface area contributed by atoms with Crippen LogP contribution in [-0.2, 0) is 17.6 Å². The molecule has 0 fully saturated rings. The zero-order chi connectivity index (χ0) is 10.7. The predicted molar refractivity (Wildman–Crippen MR) is 59.5 cm³/mol. The highest BCUT2D eigenvalue weighted by atomic mass is 16.1. The van der Waals surface area contributed by atoms with E-state index in [4.69, 9.17) is 5.73 Å². The number of nitrogens with two attached hydrogens (primary N) is 1. The van der Waals surface area contributed by atoms with E-state index in [-0.39, 0.29) is 11.9 Å². The first-order valence-electron chi connectivity index (χ1n) is 5.36. The summed E-state index contributed by atoms with van der Waals surface area (Å²) in [5.41, 5.74) is 8.04. The Bertz CT molecular complexity index is 337. The second-order valence-corrected chi connectivity index (χ2v) is 3.98. The number of carbonyl (C=O) groups excluding carboxylic acids is 1. The molecule has 0 spiro atoms. The number of benzene rings is 1. The van der Waals surface area contributed by atoms with Crippen LogP contribution in [0.25, 0.3) is 0 Å². The lowest BCUT2D eigenvalue weighted by atomic mass is 10.1. The van der Waals surface area contributed by atoms with E-state index in [9.17, 15) is 4.79 Å². The van der Waals surface area contributed by atoms with Gasteiger partial charge in [0.25, 0.3) is 0 Å². The molecule has 0 saturated carbocycles. The second-order valence-electron chi connectivity index (χ2n) is 3.98. The van der Waals surface area contributed by atoms with E-state index in [1.807, 2.05) is 12.1 Å². The molecule has 0 aliphatic heterocycles. The minimum Gasteiger partial charge on any atom is -0.353 e. The van der Waals surface area contributed by atoms with Crippen molar-refractivity contribution < 1.29 is 4.79 Å². The number of hydrogen-bond acceptors (Lipinski definition) is 2. The Kier molecular flexibility index (Phi) is 3.02. The third kappa shape index (κ3) is 2.36. The Balaban J connectivity index is 1.93. The summed E-state index contributed by atoms with van der Waals surface area (Å²) < 4.78 is 0. The summed E-state index contributed by atoms with van der Waals surface area (Å²) in [6, 6.07) is 8.61. The summed E-state index contributed by atoms with van der Waals surface area (Å²) in [6.45, 7) is 0.422. The molecule has 1 aromatic rings. The van der Waals surface area contributed by atoms with Crippen molar-refractivity contribution >= 4 is 5.91 Å². The summed E-state index contributed by atoms with van der Waals surface area (Å²) in [6.07, 6.45) is 2.33. The highest BCUT2D eigenvalue weighted by molar-refractivity contribution is 5.76. The van der Waals surface area contributed by atoms with Crippen LogP contribution in [0.15, 0.2) is 24.3 Å². The fourth-order valence-corrected chi connectivity index (χ4v) is 2.09. The molecular formula is C12H16N2O. The van der Waals surface area contributed by atoms with Crippen LogP contribution >= 0.6 is 0 Å². The smallest absolute Gasteiger partial charge is 0.221 e. The number of rotatable bonds is 3. The predicted octanol–water partition coefficient (Wildman–Crippen LogP) is 0.619. The van der Waals surface area contributed by atoms with Crippen LogP contribution in [0.4, 0.5) is 0 Å². The van der Waals surface area contributed by atoms with Crippen LogP contribution in [0.1, 0.15) is 17.5 Å². The van der Waals surface area contributed by atoms with Gasteiger partial charge < -0.3 is 11.1 Å². The van der Waals surface area contributed by atoms with E-state index in [0.29, 0.717) is 13.0 Å². The molecular weight excluding hydrogens is 188 g/mol. The molecule has 0 bridgehead atoms. The van der Waals surface area contributed by atoms with Crippen molar-refractivity contribution in [3.63, 3.8) is 0 Å². The average molecular weight is 204 g/mol. The van der Waals surface area contributed by atoms with Gasteiger partial charge in [-0.05, 0) is 24.0 Å². The average Bonchev–Trinajstić information content (AvgIpc) is 2.59. The van der Waals surface area contributed by atoms with Crippen LogP contribution < -0.4 is 11.1 Å². The van der Waals surface area contributed by atoms with Crippen LogP contribution in [0.3, 0.4) is 0 Å². The Morgan fingerprint density at radius 1 is 1.33 bits per heavy atom. The summed E-state index contributed by atoms with van der Waals surface area (Å²) in [7, 11) is 0. The van der Waals surface area contributed by atoms with Gasteiger partial charge in [0.05, 0.1) is 0 Å². The topological polar surface area (TPSA) is 55.1 Å². The van der Waals surface area contributed by atoms with E-state index in [2.05, 4.69) is 17.4 Å². The molecule has 80 valence electrons. The number of nitrogens with one attached hydrogen (secondary N) is 1. The zero-order valence-corrected chi connectivity index (χ0v) is 8.70. The van der Waals surface area contributed by atoms with E-state index < -0.39 is 0 Å². The van der Waals surface area contributed by atoms with Gasteiger partial charge in [0.2, 0.25) is 5.91 Å². The molecule has 0 aromatic heterocycles. The largest absolute Gasteiger partial charge is 0.353 e. The normalized spacial score (nSPS) is 15.0. The molecule has 0 saturated heterocycles. The summed E-state index contributed by atoms with van der Waals surface area (Å²) in [4.78, 5) is 11.4. The lowest BCUT2D eigenvalue weighted by Gasteiger charge is -2.11. The fourth-order valence-electron chi connectivity index (χ4n) is 2.09. The summed E-state index contributed by atoms with van der Waals surface area (Å²) >= 11 is 0.